The van der Waals surface area contributed by atoms with Crippen molar-refractivity contribution < 1.29 is 19.2 Å². The summed E-state index contributed by atoms with van der Waals surface area (Å²) in [5.41, 5.74) is 0.455. The summed E-state index contributed by atoms with van der Waals surface area (Å²) in [5.74, 6) is -2.21. The van der Waals surface area contributed by atoms with Crippen molar-refractivity contribution in [2.45, 2.75) is 0 Å². The molecule has 1 aromatic carbocycles. The molecule has 0 radical (unpaired) electrons. The van der Waals surface area contributed by atoms with Crippen molar-refractivity contribution in [1.82, 2.24) is 10.0 Å². The number of halogens is 1. The first-order chi connectivity index (χ1) is 9.58. The van der Waals surface area contributed by atoms with Crippen molar-refractivity contribution in [1.29, 1.82) is 0 Å². The molecule has 6 nitrogen and oxygen atoms in total. The van der Waals surface area contributed by atoms with E-state index in [1.165, 1.54) is 24.3 Å². The molecule has 0 saturated heterocycles. The van der Waals surface area contributed by atoms with Crippen molar-refractivity contribution in [2.75, 3.05) is 0 Å². The summed E-state index contributed by atoms with van der Waals surface area (Å²) in [4.78, 5) is 43.1. The zero-order valence-electron chi connectivity index (χ0n) is 9.92. The van der Waals surface area contributed by atoms with Gasteiger partial charge in [0.15, 0.2) is 0 Å². The van der Waals surface area contributed by atoms with Gasteiger partial charge in [0.1, 0.15) is 10.8 Å². The maximum atomic E-state index is 12.0. The lowest BCUT2D eigenvalue weighted by Crippen LogP contribution is -2.32. The van der Waals surface area contributed by atoms with Crippen LogP contribution in [-0.2, 0) is 4.84 Å². The molecule has 0 bridgehead atoms. The van der Waals surface area contributed by atoms with Gasteiger partial charge in [-0.05, 0) is 24.3 Å². The molecule has 2 amide bonds. The number of imide groups is 1. The van der Waals surface area contributed by atoms with E-state index in [-0.39, 0.29) is 22.0 Å². The second-order valence-electron chi connectivity index (χ2n) is 4.05. The highest BCUT2D eigenvalue weighted by molar-refractivity contribution is 6.29. The Balaban J connectivity index is 1.85. The normalized spacial score (nSPS) is 13.6. The fraction of sp³-hybridized carbons (Fsp3) is 0. The average Bonchev–Trinajstić information content (AvgIpc) is 2.98. The maximum Gasteiger partial charge on any atom is 0.380 e. The molecule has 0 unspecified atom stereocenters. The summed E-state index contributed by atoms with van der Waals surface area (Å²) < 4.78 is 0. The predicted molar refractivity (Wildman–Crippen MR) is 68.2 cm³/mol. The smallest absolute Gasteiger partial charge is 0.340 e. The fourth-order valence-corrected chi connectivity index (χ4v) is 2.03. The molecule has 1 aliphatic heterocycles. The number of hydrogen-bond acceptors (Lipinski definition) is 4. The molecule has 1 N–H and O–H groups in total. The van der Waals surface area contributed by atoms with Gasteiger partial charge in [0.2, 0.25) is 0 Å². The van der Waals surface area contributed by atoms with Crippen LogP contribution in [-0.4, -0.2) is 27.8 Å². The number of nitrogens with zero attached hydrogens (tertiary/aromatic N) is 1. The van der Waals surface area contributed by atoms with Crippen molar-refractivity contribution in [3.8, 4) is 0 Å². The largest absolute Gasteiger partial charge is 0.380 e. The third-order valence-corrected chi connectivity index (χ3v) is 3.02. The number of aromatic amines is 1. The number of nitrogens with one attached hydrogen (secondary N) is 1. The second kappa shape index (κ2) is 4.50. The van der Waals surface area contributed by atoms with Crippen LogP contribution >= 0.6 is 11.6 Å². The minimum absolute atomic E-state index is 0.0477. The molecule has 20 heavy (non-hydrogen) atoms. The van der Waals surface area contributed by atoms with Gasteiger partial charge < -0.3 is 9.82 Å². The van der Waals surface area contributed by atoms with E-state index in [2.05, 4.69) is 4.98 Å². The number of carbonyl (C=O) groups excluding carboxylic acids is 3. The number of carbonyl (C=O) groups is 3. The quantitative estimate of drug-likeness (QED) is 0.858. The number of fused-ring (bicyclic) bond motifs is 1. The van der Waals surface area contributed by atoms with Crippen LogP contribution in [0.1, 0.15) is 31.2 Å². The zero-order valence-corrected chi connectivity index (χ0v) is 10.7. The molecular weight excluding hydrogens is 284 g/mol. The lowest BCUT2D eigenvalue weighted by molar-refractivity contribution is -0.0588. The highest BCUT2D eigenvalue weighted by atomic mass is 35.5. The molecule has 0 atom stereocenters. The van der Waals surface area contributed by atoms with Crippen molar-refractivity contribution in [2.24, 2.45) is 0 Å². The van der Waals surface area contributed by atoms with Crippen LogP contribution in [0.5, 0.6) is 0 Å². The number of amides is 2. The topological polar surface area (TPSA) is 79.5 Å². The molecule has 0 saturated carbocycles. The Labute approximate surface area is 117 Å². The summed E-state index contributed by atoms with van der Waals surface area (Å²) >= 11 is 5.64. The average molecular weight is 291 g/mol. The molecular formula is C13H7ClN2O4. The number of aromatic nitrogens is 1. The molecule has 100 valence electrons. The number of H-pyrrole nitrogens is 1. The van der Waals surface area contributed by atoms with Gasteiger partial charge in [0, 0.05) is 0 Å². The number of benzene rings is 1. The molecule has 2 heterocycles. The Morgan fingerprint density at radius 2 is 1.65 bits per heavy atom. The minimum Gasteiger partial charge on any atom is -0.340 e. The summed E-state index contributed by atoms with van der Waals surface area (Å²) in [6, 6.07) is 9.09. The van der Waals surface area contributed by atoms with Crippen molar-refractivity contribution in [3.05, 3.63) is 58.4 Å². The lowest BCUT2D eigenvalue weighted by atomic mass is 10.1. The first-order valence-corrected chi connectivity index (χ1v) is 6.00. The van der Waals surface area contributed by atoms with Crippen LogP contribution in [0.3, 0.4) is 0 Å². The Bertz CT molecular complexity index is 702. The SMILES string of the molecule is O=C(ON1C(=O)c2ccccc2C1=O)c1ccc(Cl)[nH]1. The van der Waals surface area contributed by atoms with Gasteiger partial charge in [-0.15, -0.1) is 0 Å². The number of rotatable bonds is 2. The van der Waals surface area contributed by atoms with E-state index in [4.69, 9.17) is 16.4 Å². The first kappa shape index (κ1) is 12.4. The summed E-state index contributed by atoms with van der Waals surface area (Å²) in [7, 11) is 0. The third kappa shape index (κ3) is 1.86. The van der Waals surface area contributed by atoms with Crippen LogP contribution in [0.4, 0.5) is 0 Å². The van der Waals surface area contributed by atoms with Crippen LogP contribution in [0, 0.1) is 0 Å². The second-order valence-corrected chi connectivity index (χ2v) is 4.46. The maximum absolute atomic E-state index is 12.0. The van der Waals surface area contributed by atoms with E-state index in [9.17, 15) is 14.4 Å². The van der Waals surface area contributed by atoms with Gasteiger partial charge in [0.25, 0.3) is 11.8 Å². The Morgan fingerprint density at radius 1 is 1.05 bits per heavy atom. The van der Waals surface area contributed by atoms with Gasteiger partial charge in [-0.1, -0.05) is 28.8 Å². The van der Waals surface area contributed by atoms with Gasteiger partial charge in [-0.2, -0.15) is 0 Å². The molecule has 0 spiro atoms. The van der Waals surface area contributed by atoms with E-state index in [0.717, 1.165) is 0 Å². The zero-order chi connectivity index (χ0) is 14.3. The van der Waals surface area contributed by atoms with E-state index in [1.807, 2.05) is 0 Å². The highest BCUT2D eigenvalue weighted by Gasteiger charge is 2.38. The summed E-state index contributed by atoms with van der Waals surface area (Å²) in [5, 5.41) is 0.696. The molecule has 2 aromatic rings. The van der Waals surface area contributed by atoms with Crippen LogP contribution in [0.15, 0.2) is 36.4 Å². The molecule has 1 aromatic heterocycles. The fourth-order valence-electron chi connectivity index (χ4n) is 1.87. The first-order valence-electron chi connectivity index (χ1n) is 5.62. The monoisotopic (exact) mass is 290 g/mol. The number of hydrogen-bond donors (Lipinski definition) is 1. The van der Waals surface area contributed by atoms with E-state index in [1.54, 1.807) is 12.1 Å². The van der Waals surface area contributed by atoms with Crippen molar-refractivity contribution >= 4 is 29.4 Å². The predicted octanol–water partition coefficient (Wildman–Crippen LogP) is 2.04. The summed E-state index contributed by atoms with van der Waals surface area (Å²) in [6.07, 6.45) is 0. The molecule has 7 heteroatoms. The Hall–Kier alpha value is -2.60. The lowest BCUT2D eigenvalue weighted by Gasteiger charge is -2.11. The van der Waals surface area contributed by atoms with Crippen molar-refractivity contribution in [3.63, 3.8) is 0 Å². The summed E-state index contributed by atoms with van der Waals surface area (Å²) in [6.45, 7) is 0. The molecule has 3 rings (SSSR count). The molecule has 1 aliphatic rings. The standard InChI is InChI=1S/C13H7ClN2O4/c14-10-6-5-9(15-10)13(19)20-16-11(17)7-3-1-2-4-8(7)12(16)18/h1-6,15H. The van der Waals surface area contributed by atoms with Crippen LogP contribution in [0.2, 0.25) is 5.15 Å². The molecule has 0 aliphatic carbocycles. The van der Waals surface area contributed by atoms with Gasteiger partial charge >= 0.3 is 5.97 Å². The van der Waals surface area contributed by atoms with Crippen LogP contribution in [0.25, 0.3) is 0 Å². The Kier molecular flexibility index (Phi) is 2.80. The minimum atomic E-state index is -0.869. The Morgan fingerprint density at radius 3 is 2.15 bits per heavy atom. The van der Waals surface area contributed by atoms with Crippen LogP contribution < -0.4 is 0 Å². The van der Waals surface area contributed by atoms with E-state index < -0.39 is 17.8 Å². The third-order valence-electron chi connectivity index (χ3n) is 2.80. The van der Waals surface area contributed by atoms with E-state index >= 15 is 0 Å². The van der Waals surface area contributed by atoms with Gasteiger partial charge in [-0.25, -0.2) is 4.79 Å². The molecule has 0 fully saturated rings. The van der Waals surface area contributed by atoms with Gasteiger partial charge in [-0.3, -0.25) is 9.59 Å². The number of hydroxylamine groups is 2. The van der Waals surface area contributed by atoms with E-state index in [0.29, 0.717) is 5.06 Å². The highest BCUT2D eigenvalue weighted by Crippen LogP contribution is 2.23. The van der Waals surface area contributed by atoms with Gasteiger partial charge in [0.05, 0.1) is 11.1 Å².